The van der Waals surface area contributed by atoms with Crippen LogP contribution in [0.3, 0.4) is 0 Å². The van der Waals surface area contributed by atoms with Crippen LogP contribution in [0.5, 0.6) is 0 Å². The number of amidine groups is 1. The molecule has 1 N–H and O–H groups in total. The van der Waals surface area contributed by atoms with Crippen molar-refractivity contribution in [1.82, 2.24) is 4.90 Å². The van der Waals surface area contributed by atoms with Gasteiger partial charge in [0.2, 0.25) is 0 Å². The van der Waals surface area contributed by atoms with Crippen LogP contribution in [0.2, 0.25) is 0 Å². The van der Waals surface area contributed by atoms with Crippen molar-refractivity contribution in [3.8, 4) is 0 Å². The van der Waals surface area contributed by atoms with Crippen LogP contribution in [0.15, 0.2) is 30.3 Å². The number of nitrogens with one attached hydrogen (secondary N) is 1. The summed E-state index contributed by atoms with van der Waals surface area (Å²) in [6.45, 7) is 5.08. The fourth-order valence-corrected chi connectivity index (χ4v) is 2.72. The van der Waals surface area contributed by atoms with E-state index in [0.717, 1.165) is 19.6 Å². The summed E-state index contributed by atoms with van der Waals surface area (Å²) < 4.78 is 0. The number of anilines is 1. The molecule has 0 saturated carbocycles. The molecule has 2 heterocycles. The van der Waals surface area contributed by atoms with E-state index in [-0.39, 0.29) is 0 Å². The zero-order valence-corrected chi connectivity index (χ0v) is 10.1. The highest BCUT2D eigenvalue weighted by atomic mass is 15.3. The van der Waals surface area contributed by atoms with Crippen molar-refractivity contribution in [1.29, 1.82) is 5.41 Å². The van der Waals surface area contributed by atoms with Crippen LogP contribution in [0.25, 0.3) is 0 Å². The Balaban J connectivity index is 1.57. The van der Waals surface area contributed by atoms with Crippen LogP contribution in [0, 0.1) is 17.7 Å². The molecule has 0 aromatic heterocycles. The first kappa shape index (κ1) is 10.6. The number of hydrogen-bond donors (Lipinski definition) is 1. The van der Waals surface area contributed by atoms with E-state index in [0.29, 0.717) is 17.8 Å². The molecular formula is C14H18N3. The van der Waals surface area contributed by atoms with E-state index in [9.17, 15) is 0 Å². The van der Waals surface area contributed by atoms with E-state index in [1.165, 1.54) is 5.69 Å². The number of benzene rings is 1. The molecule has 1 aromatic carbocycles. The van der Waals surface area contributed by atoms with Gasteiger partial charge in [0.15, 0.2) is 0 Å². The third kappa shape index (κ3) is 1.79. The third-order valence-corrected chi connectivity index (χ3v) is 3.85. The SMILES string of the molecule is CC(=N)N1C[CH]C1C1CN(c2ccccc2)C1. The maximum absolute atomic E-state index is 7.68. The van der Waals surface area contributed by atoms with Gasteiger partial charge >= 0.3 is 0 Å². The van der Waals surface area contributed by atoms with Crippen LogP contribution in [0.4, 0.5) is 5.69 Å². The molecule has 1 atom stereocenters. The second-order valence-corrected chi connectivity index (χ2v) is 4.96. The smallest absolute Gasteiger partial charge is 0.0928 e. The fourth-order valence-electron chi connectivity index (χ4n) is 2.72. The summed E-state index contributed by atoms with van der Waals surface area (Å²) in [5.74, 6) is 1.40. The Kier molecular flexibility index (Phi) is 2.54. The van der Waals surface area contributed by atoms with Gasteiger partial charge in [-0.1, -0.05) is 18.2 Å². The van der Waals surface area contributed by atoms with E-state index >= 15 is 0 Å². The lowest BCUT2D eigenvalue weighted by Gasteiger charge is -2.53. The van der Waals surface area contributed by atoms with Gasteiger partial charge in [-0.25, -0.2) is 0 Å². The Morgan fingerprint density at radius 2 is 1.94 bits per heavy atom. The number of nitrogens with zero attached hydrogens (tertiary/aromatic N) is 2. The molecule has 1 radical (unpaired) electrons. The van der Waals surface area contributed by atoms with E-state index in [2.05, 4.69) is 46.6 Å². The molecule has 0 aliphatic carbocycles. The summed E-state index contributed by atoms with van der Waals surface area (Å²) >= 11 is 0. The number of hydrogen-bond acceptors (Lipinski definition) is 2. The lowest BCUT2D eigenvalue weighted by atomic mass is 9.83. The minimum absolute atomic E-state index is 0.507. The standard InChI is InChI=1S/C14H18N3/c1-11(15)17-8-7-14(17)12-9-16(10-12)13-5-3-2-4-6-13/h2-7,12,14-15H,8-10H2,1H3. The molecule has 3 heteroatoms. The molecule has 89 valence electrons. The van der Waals surface area contributed by atoms with Crippen LogP contribution in [-0.2, 0) is 0 Å². The maximum Gasteiger partial charge on any atom is 0.0928 e. The predicted octanol–water partition coefficient (Wildman–Crippen LogP) is 2.01. The van der Waals surface area contributed by atoms with Crippen LogP contribution < -0.4 is 4.90 Å². The van der Waals surface area contributed by atoms with E-state index in [4.69, 9.17) is 5.41 Å². The first-order valence-electron chi connectivity index (χ1n) is 6.21. The highest BCUT2D eigenvalue weighted by Gasteiger charge is 2.41. The zero-order chi connectivity index (χ0) is 11.8. The first-order chi connectivity index (χ1) is 8.25. The van der Waals surface area contributed by atoms with Gasteiger partial charge in [0, 0.05) is 43.7 Å². The Bertz CT molecular complexity index is 409. The molecule has 17 heavy (non-hydrogen) atoms. The Hall–Kier alpha value is -1.51. The summed E-state index contributed by atoms with van der Waals surface area (Å²) in [5, 5.41) is 7.68. The lowest BCUT2D eigenvalue weighted by molar-refractivity contribution is 0.162. The van der Waals surface area contributed by atoms with Gasteiger partial charge in [-0.05, 0) is 19.1 Å². The molecule has 0 bridgehead atoms. The Morgan fingerprint density at radius 1 is 1.24 bits per heavy atom. The third-order valence-electron chi connectivity index (χ3n) is 3.85. The number of likely N-dealkylation sites (tertiary alicyclic amines) is 1. The largest absolute Gasteiger partial charge is 0.371 e. The van der Waals surface area contributed by atoms with Gasteiger partial charge in [-0.15, -0.1) is 0 Å². The van der Waals surface area contributed by atoms with Crippen molar-refractivity contribution < 1.29 is 0 Å². The van der Waals surface area contributed by atoms with E-state index in [1.807, 2.05) is 6.92 Å². The Labute approximate surface area is 103 Å². The molecule has 2 aliphatic heterocycles. The minimum atomic E-state index is 0.507. The van der Waals surface area contributed by atoms with Gasteiger partial charge < -0.3 is 9.80 Å². The predicted molar refractivity (Wildman–Crippen MR) is 70.3 cm³/mol. The Morgan fingerprint density at radius 3 is 2.47 bits per heavy atom. The summed E-state index contributed by atoms with van der Waals surface area (Å²) in [6, 6.07) is 11.1. The summed E-state index contributed by atoms with van der Waals surface area (Å²) in [7, 11) is 0. The molecule has 3 nitrogen and oxygen atoms in total. The molecule has 2 saturated heterocycles. The van der Waals surface area contributed by atoms with Crippen LogP contribution >= 0.6 is 0 Å². The van der Waals surface area contributed by atoms with Crippen molar-refractivity contribution in [2.45, 2.75) is 13.0 Å². The van der Waals surface area contributed by atoms with Gasteiger partial charge in [0.25, 0.3) is 0 Å². The van der Waals surface area contributed by atoms with Crippen molar-refractivity contribution in [2.24, 2.45) is 5.92 Å². The molecule has 1 aromatic rings. The monoisotopic (exact) mass is 228 g/mol. The summed E-state index contributed by atoms with van der Waals surface area (Å²) in [5.41, 5.74) is 1.32. The van der Waals surface area contributed by atoms with Gasteiger partial charge in [0.05, 0.1) is 5.84 Å². The summed E-state index contributed by atoms with van der Waals surface area (Å²) in [6.07, 6.45) is 2.34. The number of rotatable bonds is 2. The van der Waals surface area contributed by atoms with Crippen molar-refractivity contribution in [3.05, 3.63) is 36.8 Å². The fraction of sp³-hybridized carbons (Fsp3) is 0.429. The summed E-state index contributed by atoms with van der Waals surface area (Å²) in [4.78, 5) is 4.60. The topological polar surface area (TPSA) is 30.3 Å². The van der Waals surface area contributed by atoms with Gasteiger partial charge in [0.1, 0.15) is 0 Å². The van der Waals surface area contributed by atoms with E-state index < -0.39 is 0 Å². The van der Waals surface area contributed by atoms with E-state index in [1.54, 1.807) is 0 Å². The van der Waals surface area contributed by atoms with Crippen LogP contribution in [0.1, 0.15) is 6.92 Å². The molecule has 2 fully saturated rings. The molecule has 3 rings (SSSR count). The highest BCUT2D eigenvalue weighted by molar-refractivity contribution is 5.78. The second-order valence-electron chi connectivity index (χ2n) is 4.96. The quantitative estimate of drug-likeness (QED) is 0.620. The molecule has 2 aliphatic rings. The highest BCUT2D eigenvalue weighted by Crippen LogP contribution is 2.33. The lowest BCUT2D eigenvalue weighted by Crippen LogP contribution is -2.63. The average Bonchev–Trinajstić information content (AvgIpc) is 2.21. The number of para-hydroxylation sites is 1. The van der Waals surface area contributed by atoms with Gasteiger partial charge in [-0.3, -0.25) is 5.41 Å². The zero-order valence-electron chi connectivity index (χ0n) is 10.1. The second kappa shape index (κ2) is 4.06. The molecular weight excluding hydrogens is 210 g/mol. The average molecular weight is 228 g/mol. The molecule has 0 amide bonds. The van der Waals surface area contributed by atoms with Crippen molar-refractivity contribution in [2.75, 3.05) is 24.5 Å². The van der Waals surface area contributed by atoms with Crippen molar-refractivity contribution in [3.63, 3.8) is 0 Å². The normalized spacial score (nSPS) is 24.2. The molecule has 0 spiro atoms. The van der Waals surface area contributed by atoms with Crippen LogP contribution in [-0.4, -0.2) is 36.4 Å². The van der Waals surface area contributed by atoms with Gasteiger partial charge in [-0.2, -0.15) is 0 Å². The minimum Gasteiger partial charge on any atom is -0.371 e. The maximum atomic E-state index is 7.68. The molecule has 1 unspecified atom stereocenters. The first-order valence-corrected chi connectivity index (χ1v) is 6.21. The van der Waals surface area contributed by atoms with Crippen molar-refractivity contribution >= 4 is 11.5 Å².